The predicted molar refractivity (Wildman–Crippen MR) is 74.1 cm³/mol. The topological polar surface area (TPSA) is 12.0 Å². The summed E-state index contributed by atoms with van der Waals surface area (Å²) in [4.78, 5) is 0. The zero-order valence-electron chi connectivity index (χ0n) is 10.9. The van der Waals surface area contributed by atoms with Crippen LogP contribution in [0.3, 0.4) is 0 Å². The summed E-state index contributed by atoms with van der Waals surface area (Å²) in [5.41, 5.74) is 2.52. The fourth-order valence-electron chi connectivity index (χ4n) is 1.95. The normalized spacial score (nSPS) is 10.5. The van der Waals surface area contributed by atoms with Crippen molar-refractivity contribution in [1.82, 2.24) is 0 Å². The molecule has 2 aromatic carbocycles. The maximum Gasteiger partial charge on any atom is 0.128 e. The monoisotopic (exact) mass is 261 g/mol. The van der Waals surface area contributed by atoms with E-state index in [0.717, 1.165) is 30.7 Å². The van der Waals surface area contributed by atoms with Crippen LogP contribution >= 0.6 is 0 Å². The number of rotatable bonds is 5. The van der Waals surface area contributed by atoms with E-state index >= 15 is 0 Å². The summed E-state index contributed by atoms with van der Waals surface area (Å²) in [6.45, 7) is 2.41. The van der Waals surface area contributed by atoms with Gasteiger partial charge in [-0.25, -0.2) is 8.78 Å². The number of aryl methyl sites for hydroxylation is 1. The molecular formula is C16H17F2N. The molecule has 3 heteroatoms. The predicted octanol–water partition coefficient (Wildman–Crippen LogP) is 4.53. The summed E-state index contributed by atoms with van der Waals surface area (Å²) in [6.07, 6.45) is 2.17. The van der Waals surface area contributed by atoms with Gasteiger partial charge in [-0.1, -0.05) is 25.5 Å². The summed E-state index contributed by atoms with van der Waals surface area (Å²) in [7, 11) is 0. The zero-order chi connectivity index (χ0) is 13.7. The first-order chi connectivity index (χ1) is 9.19. The molecule has 0 aliphatic rings. The first kappa shape index (κ1) is 13.5. The molecule has 0 saturated heterocycles. The Hall–Kier alpha value is -1.90. The Kier molecular flexibility index (Phi) is 4.50. The van der Waals surface area contributed by atoms with Crippen molar-refractivity contribution in [2.45, 2.75) is 26.3 Å². The summed E-state index contributed by atoms with van der Waals surface area (Å²) in [5, 5.41) is 3.09. The molecular weight excluding hydrogens is 244 g/mol. The van der Waals surface area contributed by atoms with E-state index in [0.29, 0.717) is 5.56 Å². The Morgan fingerprint density at radius 1 is 1.00 bits per heavy atom. The number of anilines is 1. The van der Waals surface area contributed by atoms with E-state index in [2.05, 4.69) is 12.2 Å². The van der Waals surface area contributed by atoms with Crippen LogP contribution in [0.1, 0.15) is 24.5 Å². The average molecular weight is 261 g/mol. The first-order valence-corrected chi connectivity index (χ1v) is 6.46. The van der Waals surface area contributed by atoms with Crippen LogP contribution in [0.25, 0.3) is 0 Å². The maximum atomic E-state index is 13.4. The van der Waals surface area contributed by atoms with E-state index in [9.17, 15) is 8.78 Å². The van der Waals surface area contributed by atoms with Gasteiger partial charge < -0.3 is 5.32 Å². The van der Waals surface area contributed by atoms with Crippen molar-refractivity contribution in [2.24, 2.45) is 0 Å². The molecule has 2 rings (SSSR count). The number of nitrogens with one attached hydrogen (secondary N) is 1. The van der Waals surface area contributed by atoms with Gasteiger partial charge in [0.2, 0.25) is 0 Å². The largest absolute Gasteiger partial charge is 0.381 e. The minimum Gasteiger partial charge on any atom is -0.381 e. The van der Waals surface area contributed by atoms with Gasteiger partial charge in [0.15, 0.2) is 0 Å². The van der Waals surface area contributed by atoms with Gasteiger partial charge in [-0.05, 0) is 42.3 Å². The van der Waals surface area contributed by atoms with E-state index in [1.165, 1.54) is 11.6 Å². The van der Waals surface area contributed by atoms with Crippen LogP contribution in [-0.2, 0) is 13.0 Å². The second-order valence-corrected chi connectivity index (χ2v) is 4.54. The van der Waals surface area contributed by atoms with Crippen LogP contribution in [0.15, 0.2) is 42.5 Å². The number of halogens is 2. The highest BCUT2D eigenvalue weighted by Crippen LogP contribution is 2.14. The minimum atomic E-state index is -0.420. The lowest BCUT2D eigenvalue weighted by atomic mass is 10.1. The Bertz CT molecular complexity index is 535. The van der Waals surface area contributed by atoms with Crippen LogP contribution in [0, 0.1) is 11.6 Å². The standard InChI is InChI=1S/C16H17F2N/c1-2-3-12-4-7-15(8-5-12)19-11-13-10-14(17)6-9-16(13)18/h4-10,19H,2-3,11H2,1H3. The zero-order valence-corrected chi connectivity index (χ0v) is 10.9. The Morgan fingerprint density at radius 2 is 1.74 bits per heavy atom. The Balaban J connectivity index is 2.00. The maximum absolute atomic E-state index is 13.4. The summed E-state index contributed by atoms with van der Waals surface area (Å²) in [5.74, 6) is -0.812. The van der Waals surface area contributed by atoms with E-state index in [1.807, 2.05) is 24.3 Å². The number of benzene rings is 2. The molecule has 0 radical (unpaired) electrons. The molecule has 0 saturated carbocycles. The SMILES string of the molecule is CCCc1ccc(NCc2cc(F)ccc2F)cc1. The minimum absolute atomic E-state index is 0.275. The molecule has 0 spiro atoms. The summed E-state index contributed by atoms with van der Waals surface area (Å²) >= 11 is 0. The van der Waals surface area contributed by atoms with E-state index < -0.39 is 11.6 Å². The molecule has 0 aliphatic heterocycles. The fourth-order valence-corrected chi connectivity index (χ4v) is 1.95. The lowest BCUT2D eigenvalue weighted by Crippen LogP contribution is -2.02. The molecule has 0 bridgehead atoms. The van der Waals surface area contributed by atoms with Gasteiger partial charge in [-0.3, -0.25) is 0 Å². The van der Waals surface area contributed by atoms with Gasteiger partial charge in [0.25, 0.3) is 0 Å². The van der Waals surface area contributed by atoms with Gasteiger partial charge in [0.05, 0.1) is 0 Å². The second kappa shape index (κ2) is 6.32. The van der Waals surface area contributed by atoms with Crippen LogP contribution in [0.4, 0.5) is 14.5 Å². The molecule has 0 heterocycles. The van der Waals surface area contributed by atoms with E-state index in [4.69, 9.17) is 0 Å². The average Bonchev–Trinajstić information content (AvgIpc) is 2.42. The number of hydrogen-bond acceptors (Lipinski definition) is 1. The fraction of sp³-hybridized carbons (Fsp3) is 0.250. The highest BCUT2D eigenvalue weighted by Gasteiger charge is 2.03. The Morgan fingerprint density at radius 3 is 2.42 bits per heavy atom. The van der Waals surface area contributed by atoms with Gasteiger partial charge in [0.1, 0.15) is 11.6 Å². The van der Waals surface area contributed by atoms with Gasteiger partial charge >= 0.3 is 0 Å². The highest BCUT2D eigenvalue weighted by molar-refractivity contribution is 5.45. The molecule has 100 valence electrons. The van der Waals surface area contributed by atoms with E-state index in [1.54, 1.807) is 0 Å². The van der Waals surface area contributed by atoms with Crippen LogP contribution in [0.2, 0.25) is 0 Å². The third kappa shape index (κ3) is 3.78. The summed E-state index contributed by atoms with van der Waals surface area (Å²) in [6, 6.07) is 11.5. The van der Waals surface area contributed by atoms with Crippen molar-refractivity contribution < 1.29 is 8.78 Å². The lowest BCUT2D eigenvalue weighted by Gasteiger charge is -2.08. The van der Waals surface area contributed by atoms with Gasteiger partial charge in [0, 0.05) is 17.8 Å². The molecule has 19 heavy (non-hydrogen) atoms. The molecule has 2 aromatic rings. The number of hydrogen-bond donors (Lipinski definition) is 1. The molecule has 1 nitrogen and oxygen atoms in total. The van der Waals surface area contributed by atoms with Crippen molar-refractivity contribution in [3.8, 4) is 0 Å². The van der Waals surface area contributed by atoms with Crippen molar-refractivity contribution >= 4 is 5.69 Å². The molecule has 0 aliphatic carbocycles. The quantitative estimate of drug-likeness (QED) is 0.833. The lowest BCUT2D eigenvalue weighted by molar-refractivity contribution is 0.587. The third-order valence-corrected chi connectivity index (χ3v) is 2.98. The van der Waals surface area contributed by atoms with Gasteiger partial charge in [-0.15, -0.1) is 0 Å². The second-order valence-electron chi connectivity index (χ2n) is 4.54. The van der Waals surface area contributed by atoms with Crippen LogP contribution < -0.4 is 5.32 Å². The highest BCUT2D eigenvalue weighted by atomic mass is 19.1. The molecule has 0 unspecified atom stereocenters. The third-order valence-electron chi connectivity index (χ3n) is 2.98. The molecule has 0 aromatic heterocycles. The van der Waals surface area contributed by atoms with E-state index in [-0.39, 0.29) is 6.54 Å². The summed E-state index contributed by atoms with van der Waals surface area (Å²) < 4.78 is 26.4. The van der Waals surface area contributed by atoms with Crippen molar-refractivity contribution in [1.29, 1.82) is 0 Å². The van der Waals surface area contributed by atoms with Crippen LogP contribution in [-0.4, -0.2) is 0 Å². The molecule has 0 amide bonds. The van der Waals surface area contributed by atoms with Crippen molar-refractivity contribution in [3.63, 3.8) is 0 Å². The molecule has 0 atom stereocenters. The smallest absolute Gasteiger partial charge is 0.128 e. The first-order valence-electron chi connectivity index (χ1n) is 6.46. The Labute approximate surface area is 112 Å². The van der Waals surface area contributed by atoms with Gasteiger partial charge in [-0.2, -0.15) is 0 Å². The molecule has 0 fully saturated rings. The van der Waals surface area contributed by atoms with Crippen LogP contribution in [0.5, 0.6) is 0 Å². The van der Waals surface area contributed by atoms with Crippen molar-refractivity contribution in [2.75, 3.05) is 5.32 Å². The van der Waals surface area contributed by atoms with Crippen molar-refractivity contribution in [3.05, 3.63) is 65.2 Å². The molecule has 1 N–H and O–H groups in total.